The molecule has 0 fully saturated rings. The van der Waals surface area contributed by atoms with Crippen molar-refractivity contribution in [2.45, 2.75) is 25.7 Å². The Morgan fingerprint density at radius 3 is 2.78 bits per heavy atom. The monoisotopic (exact) mass is 313 g/mol. The molecule has 120 valence electrons. The van der Waals surface area contributed by atoms with Crippen molar-refractivity contribution in [3.63, 3.8) is 0 Å². The first kappa shape index (κ1) is 15.5. The molecule has 3 nitrogen and oxygen atoms in total. The van der Waals surface area contributed by atoms with Crippen LogP contribution in [0.1, 0.15) is 34.3 Å². The van der Waals surface area contributed by atoms with Crippen LogP contribution >= 0.6 is 0 Å². The predicted octanol–water partition coefficient (Wildman–Crippen LogP) is 3.51. The number of hydrogen-bond donors (Lipinski definition) is 1. The highest BCUT2D eigenvalue weighted by molar-refractivity contribution is 5.94. The van der Waals surface area contributed by atoms with Gasteiger partial charge < -0.3 is 10.1 Å². The number of carbonyl (C=O) groups excluding carboxylic acids is 1. The summed E-state index contributed by atoms with van der Waals surface area (Å²) in [5.74, 6) is -0.0211. The predicted molar refractivity (Wildman–Crippen MR) is 87.3 cm³/mol. The van der Waals surface area contributed by atoms with Crippen LogP contribution in [-0.2, 0) is 12.8 Å². The molecule has 1 aliphatic carbocycles. The van der Waals surface area contributed by atoms with E-state index in [1.54, 1.807) is 12.1 Å². The van der Waals surface area contributed by atoms with Gasteiger partial charge >= 0.3 is 0 Å². The van der Waals surface area contributed by atoms with Crippen LogP contribution in [0.25, 0.3) is 0 Å². The maximum atomic E-state index is 13.5. The summed E-state index contributed by atoms with van der Waals surface area (Å²) in [6.45, 7) is 0.716. The molecule has 2 aromatic carbocycles. The fourth-order valence-electron chi connectivity index (χ4n) is 2.95. The molecule has 2 aromatic rings. The largest absolute Gasteiger partial charge is 0.491 e. The summed E-state index contributed by atoms with van der Waals surface area (Å²) in [5, 5.41) is 2.69. The molecule has 3 rings (SSSR count). The standard InChI is InChI=1S/C19H20FNO2/c20-17-10-4-3-9-16(17)19(22)21-12-13-23-18-11-5-7-14-6-1-2-8-15(14)18/h3-5,7,9-11H,1-2,6,8,12-13H2,(H,21,22). The van der Waals surface area contributed by atoms with Crippen LogP contribution in [-0.4, -0.2) is 19.1 Å². The first-order valence-corrected chi connectivity index (χ1v) is 8.02. The molecule has 0 aliphatic heterocycles. The Morgan fingerprint density at radius 2 is 1.91 bits per heavy atom. The lowest BCUT2D eigenvalue weighted by atomic mass is 9.91. The van der Waals surface area contributed by atoms with Crippen molar-refractivity contribution in [2.75, 3.05) is 13.2 Å². The van der Waals surface area contributed by atoms with Crippen LogP contribution in [0.15, 0.2) is 42.5 Å². The zero-order valence-corrected chi connectivity index (χ0v) is 13.0. The molecule has 0 saturated carbocycles. The summed E-state index contributed by atoms with van der Waals surface area (Å²) < 4.78 is 19.3. The molecular formula is C19H20FNO2. The third-order valence-electron chi connectivity index (χ3n) is 4.12. The molecule has 1 N–H and O–H groups in total. The third-order valence-corrected chi connectivity index (χ3v) is 4.12. The van der Waals surface area contributed by atoms with Crippen LogP contribution in [0.2, 0.25) is 0 Å². The van der Waals surface area contributed by atoms with Gasteiger partial charge in [0, 0.05) is 0 Å². The minimum absolute atomic E-state index is 0.0598. The van der Waals surface area contributed by atoms with Crippen LogP contribution < -0.4 is 10.1 Å². The number of hydrogen-bond acceptors (Lipinski definition) is 2. The van der Waals surface area contributed by atoms with Gasteiger partial charge in [-0.1, -0.05) is 24.3 Å². The van der Waals surface area contributed by atoms with Crippen molar-refractivity contribution in [1.82, 2.24) is 5.32 Å². The average Bonchev–Trinajstić information content (AvgIpc) is 2.59. The fraction of sp³-hybridized carbons (Fsp3) is 0.316. The molecule has 0 bridgehead atoms. The second kappa shape index (κ2) is 7.27. The zero-order chi connectivity index (χ0) is 16.1. The van der Waals surface area contributed by atoms with E-state index in [0.717, 1.165) is 18.6 Å². The van der Waals surface area contributed by atoms with Crippen LogP contribution in [0.5, 0.6) is 5.75 Å². The number of rotatable bonds is 5. The number of aryl methyl sites for hydroxylation is 1. The van der Waals surface area contributed by atoms with Gasteiger partial charge in [0.1, 0.15) is 18.2 Å². The Morgan fingerprint density at radius 1 is 1.09 bits per heavy atom. The van der Waals surface area contributed by atoms with Crippen molar-refractivity contribution in [3.05, 3.63) is 65.0 Å². The number of amides is 1. The van der Waals surface area contributed by atoms with Gasteiger partial charge in [0.2, 0.25) is 0 Å². The summed E-state index contributed by atoms with van der Waals surface area (Å²) >= 11 is 0. The van der Waals surface area contributed by atoms with E-state index < -0.39 is 11.7 Å². The van der Waals surface area contributed by atoms with Crippen molar-refractivity contribution >= 4 is 5.91 Å². The van der Waals surface area contributed by atoms with Crippen molar-refractivity contribution in [3.8, 4) is 5.75 Å². The number of ether oxygens (including phenoxy) is 1. The smallest absolute Gasteiger partial charge is 0.254 e. The summed E-state index contributed by atoms with van der Waals surface area (Å²) in [4.78, 5) is 11.9. The SMILES string of the molecule is O=C(NCCOc1cccc2c1CCCC2)c1ccccc1F. The highest BCUT2D eigenvalue weighted by Gasteiger charge is 2.14. The molecule has 0 saturated heterocycles. The quantitative estimate of drug-likeness (QED) is 0.858. The van der Waals surface area contributed by atoms with E-state index in [2.05, 4.69) is 11.4 Å². The number of nitrogens with one attached hydrogen (secondary N) is 1. The van der Waals surface area contributed by atoms with Crippen LogP contribution in [0, 0.1) is 5.82 Å². The number of benzene rings is 2. The first-order chi connectivity index (χ1) is 11.3. The van der Waals surface area contributed by atoms with E-state index in [0.29, 0.717) is 13.2 Å². The topological polar surface area (TPSA) is 38.3 Å². The molecule has 23 heavy (non-hydrogen) atoms. The van der Waals surface area contributed by atoms with Crippen molar-refractivity contribution in [1.29, 1.82) is 0 Å². The Labute approximate surface area is 135 Å². The Hall–Kier alpha value is -2.36. The van der Waals surface area contributed by atoms with Gasteiger partial charge in [-0.2, -0.15) is 0 Å². The molecule has 0 heterocycles. The lowest BCUT2D eigenvalue weighted by Crippen LogP contribution is -2.29. The van der Waals surface area contributed by atoms with Gasteiger partial charge in [0.15, 0.2) is 0 Å². The number of carbonyl (C=O) groups is 1. The summed E-state index contributed by atoms with van der Waals surface area (Å²) in [7, 11) is 0. The van der Waals surface area contributed by atoms with Crippen molar-refractivity contribution < 1.29 is 13.9 Å². The lowest BCUT2D eigenvalue weighted by Gasteiger charge is -2.19. The molecule has 1 aliphatic rings. The van der Waals surface area contributed by atoms with Crippen molar-refractivity contribution in [2.24, 2.45) is 0 Å². The van der Waals surface area contributed by atoms with E-state index in [4.69, 9.17) is 4.74 Å². The van der Waals surface area contributed by atoms with Gasteiger partial charge in [-0.3, -0.25) is 4.79 Å². The van der Waals surface area contributed by atoms with Gasteiger partial charge in [0.25, 0.3) is 5.91 Å². The summed E-state index contributed by atoms with van der Waals surface area (Å²) in [6, 6.07) is 12.1. The highest BCUT2D eigenvalue weighted by atomic mass is 19.1. The fourth-order valence-corrected chi connectivity index (χ4v) is 2.95. The second-order valence-corrected chi connectivity index (χ2v) is 5.69. The van der Waals surface area contributed by atoms with E-state index in [-0.39, 0.29) is 5.56 Å². The molecule has 0 aromatic heterocycles. The molecule has 0 atom stereocenters. The maximum absolute atomic E-state index is 13.5. The van der Waals surface area contributed by atoms with Gasteiger partial charge in [-0.05, 0) is 55.0 Å². The van der Waals surface area contributed by atoms with Gasteiger partial charge in [0.05, 0.1) is 12.1 Å². The van der Waals surface area contributed by atoms with Crippen LogP contribution in [0.4, 0.5) is 4.39 Å². The molecule has 1 amide bonds. The first-order valence-electron chi connectivity index (χ1n) is 8.02. The minimum atomic E-state index is -0.511. The molecular weight excluding hydrogens is 293 g/mol. The van der Waals surface area contributed by atoms with E-state index in [1.807, 2.05) is 12.1 Å². The highest BCUT2D eigenvalue weighted by Crippen LogP contribution is 2.29. The molecule has 4 heteroatoms. The average molecular weight is 313 g/mol. The maximum Gasteiger partial charge on any atom is 0.254 e. The Kier molecular flexibility index (Phi) is 4.91. The summed E-state index contributed by atoms with van der Waals surface area (Å²) in [6.07, 6.45) is 4.58. The minimum Gasteiger partial charge on any atom is -0.491 e. The molecule has 0 spiro atoms. The van der Waals surface area contributed by atoms with E-state index >= 15 is 0 Å². The number of halogens is 1. The Bertz CT molecular complexity index is 700. The Balaban J connectivity index is 1.53. The van der Waals surface area contributed by atoms with Gasteiger partial charge in [-0.15, -0.1) is 0 Å². The molecule has 0 radical (unpaired) electrons. The number of fused-ring (bicyclic) bond motifs is 1. The van der Waals surface area contributed by atoms with E-state index in [1.165, 1.54) is 36.1 Å². The lowest BCUT2D eigenvalue weighted by molar-refractivity contribution is 0.0943. The summed E-state index contributed by atoms with van der Waals surface area (Å²) in [5.41, 5.74) is 2.72. The third kappa shape index (κ3) is 3.70. The second-order valence-electron chi connectivity index (χ2n) is 5.69. The normalized spacial score (nSPS) is 13.3. The zero-order valence-electron chi connectivity index (χ0n) is 13.0. The van der Waals surface area contributed by atoms with Crippen LogP contribution in [0.3, 0.4) is 0 Å². The van der Waals surface area contributed by atoms with Gasteiger partial charge in [-0.25, -0.2) is 4.39 Å². The van der Waals surface area contributed by atoms with E-state index in [9.17, 15) is 9.18 Å². The molecule has 0 unspecified atom stereocenters.